The second kappa shape index (κ2) is 16.3. The second-order valence-corrected chi connectivity index (χ2v) is 18.7. The van der Waals surface area contributed by atoms with E-state index in [1.54, 1.807) is 0 Å². The van der Waals surface area contributed by atoms with Gasteiger partial charge < -0.3 is 13.4 Å². The number of hydrogen-bond acceptors (Lipinski definition) is 5. The van der Waals surface area contributed by atoms with Crippen molar-refractivity contribution in [1.29, 1.82) is 0 Å². The molecule has 0 aliphatic rings. The maximum Gasteiger partial charge on any atom is 0.164 e. The van der Waals surface area contributed by atoms with Gasteiger partial charge >= 0.3 is 0 Å². The fourth-order valence-electron chi connectivity index (χ4n) is 11.0. The van der Waals surface area contributed by atoms with E-state index in [2.05, 4.69) is 180 Å². The Labute approximate surface area is 418 Å². The maximum absolute atomic E-state index is 6.98. The Bertz CT molecular complexity index is 4660. The van der Waals surface area contributed by atoms with E-state index in [9.17, 15) is 0 Å². The second-order valence-electron chi connectivity index (χ2n) is 18.7. The average molecular weight is 933 g/mol. The Balaban J connectivity index is 0.969. The summed E-state index contributed by atoms with van der Waals surface area (Å²) < 4.78 is 15.8. The molecule has 4 aromatic heterocycles. The fraction of sp³-hybridized carbons (Fsp3) is 0. The van der Waals surface area contributed by atoms with Crippen molar-refractivity contribution in [3.8, 4) is 73.2 Å². The normalized spacial score (nSPS) is 11.8. The van der Waals surface area contributed by atoms with Crippen LogP contribution in [0.1, 0.15) is 0 Å². The molecule has 0 spiro atoms. The summed E-state index contributed by atoms with van der Waals surface area (Å²) in [6.07, 6.45) is 0. The Kier molecular flexibility index (Phi) is 9.16. The molecule has 6 heteroatoms. The number of benzene rings is 11. The molecule has 0 aliphatic carbocycles. The first-order valence-electron chi connectivity index (χ1n) is 24.6. The van der Waals surface area contributed by atoms with E-state index in [-0.39, 0.29) is 0 Å². The molecule has 0 fully saturated rings. The van der Waals surface area contributed by atoms with Gasteiger partial charge in [-0.15, -0.1) is 0 Å². The molecule has 4 heterocycles. The summed E-state index contributed by atoms with van der Waals surface area (Å²) in [4.78, 5) is 15.6. The van der Waals surface area contributed by atoms with E-state index in [4.69, 9.17) is 23.8 Å². The van der Waals surface area contributed by atoms with Crippen LogP contribution in [0.2, 0.25) is 0 Å². The summed E-state index contributed by atoms with van der Waals surface area (Å²) in [5.41, 5.74) is 15.8. The number of fused-ring (bicyclic) bond motifs is 10. The van der Waals surface area contributed by atoms with E-state index >= 15 is 0 Å². The van der Waals surface area contributed by atoms with Crippen molar-refractivity contribution in [3.05, 3.63) is 243 Å². The topological polar surface area (TPSA) is 69.9 Å². The molecule has 0 aliphatic heterocycles. The third-order valence-corrected chi connectivity index (χ3v) is 14.5. The van der Waals surface area contributed by atoms with Crippen LogP contribution in [-0.4, -0.2) is 19.5 Å². The van der Waals surface area contributed by atoms with Crippen molar-refractivity contribution in [1.82, 2.24) is 19.5 Å². The van der Waals surface area contributed by atoms with Crippen molar-refractivity contribution in [2.24, 2.45) is 0 Å². The third-order valence-electron chi connectivity index (χ3n) is 14.5. The van der Waals surface area contributed by atoms with Crippen molar-refractivity contribution in [2.45, 2.75) is 0 Å². The summed E-state index contributed by atoms with van der Waals surface area (Å²) in [5.74, 6) is 1.67. The minimum Gasteiger partial charge on any atom is -0.456 e. The van der Waals surface area contributed by atoms with E-state index in [1.165, 1.54) is 38.2 Å². The van der Waals surface area contributed by atoms with Crippen LogP contribution in [0.15, 0.2) is 251 Å². The molecule has 0 N–H and O–H groups in total. The molecule has 11 aromatic carbocycles. The van der Waals surface area contributed by atoms with E-state index in [0.717, 1.165) is 94.0 Å². The zero-order valence-electron chi connectivity index (χ0n) is 39.2. The first-order valence-corrected chi connectivity index (χ1v) is 24.6. The summed E-state index contributed by atoms with van der Waals surface area (Å²) in [6.45, 7) is 0. The number of furan rings is 2. The van der Waals surface area contributed by atoms with Gasteiger partial charge in [-0.05, 0) is 87.1 Å². The molecule has 340 valence electrons. The van der Waals surface area contributed by atoms with Gasteiger partial charge in [-0.25, -0.2) is 15.0 Å². The van der Waals surface area contributed by atoms with Crippen molar-refractivity contribution < 1.29 is 8.83 Å². The van der Waals surface area contributed by atoms with Gasteiger partial charge in [0.2, 0.25) is 0 Å². The first kappa shape index (κ1) is 40.9. The Morgan fingerprint density at radius 2 is 0.808 bits per heavy atom. The quantitative estimate of drug-likeness (QED) is 0.159. The fourth-order valence-corrected chi connectivity index (χ4v) is 11.0. The first-order chi connectivity index (χ1) is 36.2. The van der Waals surface area contributed by atoms with Crippen LogP contribution in [0.4, 0.5) is 0 Å². The lowest BCUT2D eigenvalue weighted by atomic mass is 9.92. The maximum atomic E-state index is 6.98. The zero-order chi connectivity index (χ0) is 48.0. The lowest BCUT2D eigenvalue weighted by Crippen LogP contribution is -2.00. The minimum absolute atomic E-state index is 0.545. The van der Waals surface area contributed by atoms with Crippen LogP contribution in [0.5, 0.6) is 0 Å². The molecular weight excluding hydrogens is 893 g/mol. The van der Waals surface area contributed by atoms with Gasteiger partial charge in [0.15, 0.2) is 17.5 Å². The standard InChI is InChI=1S/C67H40N4O2/c1-3-16-41(17-4-1)48-22-9-10-23-49(48)42-30-32-43(33-31-42)54-39-56-63(40-59(54)71-57-27-13-11-24-50(57)55-36-45-20-7-8-21-46(45)37-58(55)71)73-61-29-15-26-53(64(56)61)67-69-65(44-18-5-2-6-19-44)68-66(70-67)47-34-35-52-51-25-12-14-28-60(51)72-62(52)38-47/h1-40H. The van der Waals surface area contributed by atoms with Gasteiger partial charge in [0.25, 0.3) is 0 Å². The lowest BCUT2D eigenvalue weighted by molar-refractivity contribution is 0.668. The molecule has 0 bridgehead atoms. The summed E-state index contributed by atoms with van der Waals surface area (Å²) in [7, 11) is 0. The van der Waals surface area contributed by atoms with Crippen molar-refractivity contribution >= 4 is 76.5 Å². The third kappa shape index (κ3) is 6.69. The molecule has 0 amide bonds. The highest BCUT2D eigenvalue weighted by molar-refractivity contribution is 6.17. The van der Waals surface area contributed by atoms with E-state index in [0.29, 0.717) is 17.5 Å². The highest BCUT2D eigenvalue weighted by Gasteiger charge is 2.23. The monoisotopic (exact) mass is 932 g/mol. The zero-order valence-corrected chi connectivity index (χ0v) is 39.2. The number of hydrogen-bond donors (Lipinski definition) is 0. The largest absolute Gasteiger partial charge is 0.456 e. The van der Waals surface area contributed by atoms with Gasteiger partial charge in [0.05, 0.1) is 16.7 Å². The highest BCUT2D eigenvalue weighted by atomic mass is 16.3. The summed E-state index contributed by atoms with van der Waals surface area (Å²) in [6, 6.07) is 85.4. The van der Waals surface area contributed by atoms with Crippen LogP contribution in [-0.2, 0) is 0 Å². The van der Waals surface area contributed by atoms with Gasteiger partial charge in [-0.2, -0.15) is 0 Å². The number of rotatable bonds is 7. The molecule has 0 saturated heterocycles. The number of para-hydroxylation sites is 2. The van der Waals surface area contributed by atoms with Gasteiger partial charge in [0.1, 0.15) is 22.3 Å². The van der Waals surface area contributed by atoms with Crippen LogP contribution in [0.25, 0.3) is 150 Å². The number of nitrogens with zero attached hydrogens (tertiary/aromatic N) is 4. The summed E-state index contributed by atoms with van der Waals surface area (Å²) in [5, 5.41) is 8.77. The van der Waals surface area contributed by atoms with Crippen LogP contribution in [0.3, 0.4) is 0 Å². The minimum atomic E-state index is 0.545. The molecule has 73 heavy (non-hydrogen) atoms. The predicted molar refractivity (Wildman–Crippen MR) is 299 cm³/mol. The molecule has 0 saturated carbocycles. The Morgan fingerprint density at radius 3 is 1.59 bits per heavy atom. The molecule has 0 radical (unpaired) electrons. The van der Waals surface area contributed by atoms with E-state index in [1.807, 2.05) is 66.7 Å². The molecular formula is C67H40N4O2. The molecule has 6 nitrogen and oxygen atoms in total. The Morgan fingerprint density at radius 1 is 0.274 bits per heavy atom. The molecule has 15 rings (SSSR count). The van der Waals surface area contributed by atoms with Crippen molar-refractivity contribution in [3.63, 3.8) is 0 Å². The molecule has 15 aromatic rings. The van der Waals surface area contributed by atoms with E-state index < -0.39 is 0 Å². The van der Waals surface area contributed by atoms with Gasteiger partial charge in [-0.1, -0.05) is 188 Å². The SMILES string of the molecule is c1ccc(-c2nc(-c3ccc4c(c3)oc3ccccc34)nc(-c3cccc4oc5cc(-n6c7ccccc7c7cc8ccccc8cc76)c(-c6ccc(-c7ccccc7-c7ccccc7)cc6)cc5c34)n2)cc1. The lowest BCUT2D eigenvalue weighted by Gasteiger charge is -2.16. The summed E-state index contributed by atoms with van der Waals surface area (Å²) >= 11 is 0. The number of aromatic nitrogens is 4. The van der Waals surface area contributed by atoms with Crippen molar-refractivity contribution in [2.75, 3.05) is 0 Å². The molecule has 0 atom stereocenters. The van der Waals surface area contributed by atoms with Crippen LogP contribution >= 0.6 is 0 Å². The van der Waals surface area contributed by atoms with Crippen LogP contribution < -0.4 is 0 Å². The van der Waals surface area contributed by atoms with Gasteiger partial charge in [-0.3, -0.25) is 0 Å². The Hall–Kier alpha value is -9.91. The highest BCUT2D eigenvalue weighted by Crippen LogP contribution is 2.45. The average Bonchev–Trinajstić information content (AvgIpc) is 4.13. The van der Waals surface area contributed by atoms with Crippen LogP contribution in [0, 0.1) is 0 Å². The molecule has 0 unspecified atom stereocenters. The predicted octanol–water partition coefficient (Wildman–Crippen LogP) is 17.9. The van der Waals surface area contributed by atoms with Gasteiger partial charge in [0, 0.05) is 60.6 Å². The smallest absolute Gasteiger partial charge is 0.164 e.